The van der Waals surface area contributed by atoms with Crippen LogP contribution in [0.1, 0.15) is 59.5 Å². The third kappa shape index (κ3) is 6.62. The molecule has 1 saturated carbocycles. The van der Waals surface area contributed by atoms with Crippen molar-refractivity contribution in [3.05, 3.63) is 88.0 Å². The summed E-state index contributed by atoms with van der Waals surface area (Å²) in [6, 6.07) is 8.56. The summed E-state index contributed by atoms with van der Waals surface area (Å²) in [5, 5.41) is 19.3. The summed E-state index contributed by atoms with van der Waals surface area (Å²) in [5.41, 5.74) is 0.431. The van der Waals surface area contributed by atoms with Crippen molar-refractivity contribution in [3.63, 3.8) is 0 Å². The molecule has 0 bridgehead atoms. The van der Waals surface area contributed by atoms with Gasteiger partial charge in [-0.1, -0.05) is 43.5 Å². The van der Waals surface area contributed by atoms with E-state index in [0.29, 0.717) is 17.5 Å². The number of phenols is 1. The van der Waals surface area contributed by atoms with Crippen molar-refractivity contribution < 1.29 is 46.1 Å². The zero-order valence-corrected chi connectivity index (χ0v) is 22.1. The summed E-state index contributed by atoms with van der Waals surface area (Å²) < 4.78 is 85.6. The van der Waals surface area contributed by atoms with Crippen molar-refractivity contribution in [2.45, 2.75) is 49.5 Å². The Morgan fingerprint density at radius 1 is 0.878 bits per heavy atom. The lowest BCUT2D eigenvalue weighted by molar-refractivity contribution is -0.117. The number of carboxylic acids is 1. The van der Waals surface area contributed by atoms with Gasteiger partial charge in [0.25, 0.3) is 0 Å². The van der Waals surface area contributed by atoms with Gasteiger partial charge in [-0.05, 0) is 47.9 Å². The van der Waals surface area contributed by atoms with Crippen molar-refractivity contribution >= 4 is 29.5 Å². The van der Waals surface area contributed by atoms with E-state index in [1.807, 2.05) is 12.1 Å². The molecular weight excluding hydrogens is 574 g/mol. The number of anilines is 1. The van der Waals surface area contributed by atoms with Crippen LogP contribution in [0, 0.1) is 34.9 Å². The van der Waals surface area contributed by atoms with E-state index in [1.165, 1.54) is 6.42 Å². The fourth-order valence-corrected chi connectivity index (χ4v) is 5.39. The number of carboxylic acid groups (broad SMARTS) is 1. The van der Waals surface area contributed by atoms with E-state index in [-0.39, 0.29) is 18.5 Å². The van der Waals surface area contributed by atoms with E-state index in [9.17, 15) is 36.6 Å². The molecule has 41 heavy (non-hydrogen) atoms. The molecule has 0 saturated heterocycles. The summed E-state index contributed by atoms with van der Waals surface area (Å²) in [6.45, 7) is -1.02. The Morgan fingerprint density at radius 2 is 1.46 bits per heavy atom. The number of hydrogen-bond donors (Lipinski definition) is 3. The second-order valence-electron chi connectivity index (χ2n) is 9.50. The molecule has 1 amide bonds. The molecule has 3 N–H and O–H groups in total. The van der Waals surface area contributed by atoms with Gasteiger partial charge < -0.3 is 15.1 Å². The molecule has 218 valence electrons. The first-order chi connectivity index (χ1) is 19.5. The number of nitrogens with one attached hydrogen (secondary N) is 1. The lowest BCUT2D eigenvalue weighted by Gasteiger charge is -2.25. The minimum atomic E-state index is -2.33. The molecule has 0 aromatic heterocycles. The predicted octanol–water partition coefficient (Wildman–Crippen LogP) is 6.80. The minimum Gasteiger partial charge on any atom is -0.507 e. The van der Waals surface area contributed by atoms with Crippen molar-refractivity contribution in [2.24, 2.45) is 0 Å². The average Bonchev–Trinajstić information content (AvgIpc) is 2.97. The highest BCUT2D eigenvalue weighted by Gasteiger charge is 2.28. The first-order valence-electron chi connectivity index (χ1n) is 12.6. The molecule has 0 unspecified atom stereocenters. The molecule has 1 fully saturated rings. The number of hydrogen-bond acceptors (Lipinski definition) is 5. The van der Waals surface area contributed by atoms with Gasteiger partial charge in [-0.3, -0.25) is 9.52 Å². The van der Waals surface area contributed by atoms with Crippen molar-refractivity contribution in [2.75, 3.05) is 11.4 Å². The molecule has 3 aromatic carbocycles. The lowest BCUT2D eigenvalue weighted by atomic mass is 9.84. The third-order valence-electron chi connectivity index (χ3n) is 6.85. The first-order valence-corrected chi connectivity index (χ1v) is 13.4. The predicted molar refractivity (Wildman–Crippen MR) is 139 cm³/mol. The van der Waals surface area contributed by atoms with Gasteiger partial charge in [-0.25, -0.2) is 31.1 Å². The first kappa shape index (κ1) is 30.3. The van der Waals surface area contributed by atoms with Crippen molar-refractivity contribution in [3.8, 4) is 5.75 Å². The SMILES string of the molecule is O=C(O)c1cc(F)c(N(Cc2ccc(C3CCCCC3)cc2)C(=O)CNSc2c(F)c(F)c(F)c(F)c2F)cc1O. The molecule has 1 aliphatic carbocycles. The smallest absolute Gasteiger partial charge is 0.339 e. The van der Waals surface area contributed by atoms with E-state index in [0.717, 1.165) is 42.2 Å². The van der Waals surface area contributed by atoms with Gasteiger partial charge in [0.15, 0.2) is 23.3 Å². The van der Waals surface area contributed by atoms with Crippen LogP contribution in [0.15, 0.2) is 41.3 Å². The highest BCUT2D eigenvalue weighted by atomic mass is 32.2. The summed E-state index contributed by atoms with van der Waals surface area (Å²) in [7, 11) is 0. The Bertz CT molecular complexity index is 1440. The van der Waals surface area contributed by atoms with E-state index in [2.05, 4.69) is 4.72 Å². The van der Waals surface area contributed by atoms with Gasteiger partial charge in [-0.2, -0.15) is 0 Å². The van der Waals surface area contributed by atoms with Crippen molar-refractivity contribution in [1.82, 2.24) is 4.72 Å². The van der Waals surface area contributed by atoms with Crippen LogP contribution in [0.4, 0.5) is 32.0 Å². The average molecular weight is 599 g/mol. The number of nitrogens with zero attached hydrogens (tertiary/aromatic N) is 1. The summed E-state index contributed by atoms with van der Waals surface area (Å²) in [6.07, 6.45) is 5.54. The Kier molecular flexibility index (Phi) is 9.49. The van der Waals surface area contributed by atoms with Crippen molar-refractivity contribution in [1.29, 1.82) is 0 Å². The highest BCUT2D eigenvalue weighted by Crippen LogP contribution is 2.34. The number of benzene rings is 3. The Morgan fingerprint density at radius 3 is 2.05 bits per heavy atom. The van der Waals surface area contributed by atoms with Crippen LogP contribution >= 0.6 is 11.9 Å². The second kappa shape index (κ2) is 12.9. The fraction of sp³-hybridized carbons (Fsp3) is 0.286. The van der Waals surface area contributed by atoms with E-state index in [1.54, 1.807) is 12.1 Å². The molecule has 0 aliphatic heterocycles. The molecule has 1 aliphatic rings. The van der Waals surface area contributed by atoms with Gasteiger partial charge in [0.2, 0.25) is 11.7 Å². The quantitative estimate of drug-likeness (QED) is 0.109. The number of carbonyl (C=O) groups excluding carboxylic acids is 1. The fourth-order valence-electron chi connectivity index (χ4n) is 4.69. The molecule has 0 spiro atoms. The maximum absolute atomic E-state index is 15.0. The minimum absolute atomic E-state index is 0.0256. The van der Waals surface area contributed by atoms with Gasteiger partial charge in [0.05, 0.1) is 18.8 Å². The number of aromatic hydroxyl groups is 1. The Hall–Kier alpha value is -3.71. The number of halogens is 6. The lowest BCUT2D eigenvalue weighted by Crippen LogP contribution is -2.37. The summed E-state index contributed by atoms with van der Waals surface area (Å²) in [4.78, 5) is 24.1. The van der Waals surface area contributed by atoms with Crippen LogP contribution in [-0.4, -0.2) is 28.6 Å². The third-order valence-corrected chi connectivity index (χ3v) is 7.70. The largest absolute Gasteiger partial charge is 0.507 e. The summed E-state index contributed by atoms with van der Waals surface area (Å²) >= 11 is -0.0256. The van der Waals surface area contributed by atoms with Gasteiger partial charge >= 0.3 is 5.97 Å². The van der Waals surface area contributed by atoms with E-state index < -0.39 is 75.2 Å². The number of amides is 1. The Labute approximate surface area is 235 Å². The molecular formula is C28H24F6N2O4S. The van der Waals surface area contributed by atoms with Gasteiger partial charge in [-0.15, -0.1) is 0 Å². The maximum Gasteiger partial charge on any atom is 0.339 e. The molecule has 0 radical (unpaired) electrons. The molecule has 0 heterocycles. The number of rotatable bonds is 9. The van der Waals surface area contributed by atoms with E-state index >= 15 is 4.39 Å². The van der Waals surface area contributed by atoms with E-state index in [4.69, 9.17) is 5.11 Å². The van der Waals surface area contributed by atoms with Crippen LogP contribution < -0.4 is 9.62 Å². The summed E-state index contributed by atoms with van der Waals surface area (Å²) in [5.74, 6) is -14.9. The Balaban J connectivity index is 1.58. The molecule has 0 atom stereocenters. The topological polar surface area (TPSA) is 89.9 Å². The highest BCUT2D eigenvalue weighted by molar-refractivity contribution is 7.97. The van der Waals surface area contributed by atoms with Gasteiger partial charge in [0, 0.05) is 6.07 Å². The van der Waals surface area contributed by atoms with Crippen LogP contribution in [0.3, 0.4) is 0 Å². The van der Waals surface area contributed by atoms with Crippen LogP contribution in [-0.2, 0) is 11.3 Å². The number of carbonyl (C=O) groups is 2. The van der Waals surface area contributed by atoms with Crippen LogP contribution in [0.25, 0.3) is 0 Å². The second-order valence-corrected chi connectivity index (χ2v) is 10.4. The zero-order chi connectivity index (χ0) is 29.8. The molecule has 4 rings (SSSR count). The zero-order valence-electron chi connectivity index (χ0n) is 21.3. The van der Waals surface area contributed by atoms with Crippen LogP contribution in [0.2, 0.25) is 0 Å². The van der Waals surface area contributed by atoms with Crippen LogP contribution in [0.5, 0.6) is 5.75 Å². The number of aromatic carboxylic acids is 1. The normalized spacial score (nSPS) is 13.8. The molecule has 3 aromatic rings. The van der Waals surface area contributed by atoms with Gasteiger partial charge in [0.1, 0.15) is 22.0 Å². The maximum atomic E-state index is 15.0. The molecule has 13 heteroatoms. The standard InChI is InChI=1S/C28H24F6N2O4S/c29-18-10-17(28(39)40)20(37)11-19(18)36(13-14-6-8-16(9-7-14)15-4-2-1-3-5-15)21(38)12-35-41-27-25(33)23(31)22(30)24(32)26(27)34/h6-11,15,35,37H,1-5,12-13H2,(H,39,40). The molecule has 6 nitrogen and oxygen atoms in total. The monoisotopic (exact) mass is 598 g/mol.